The van der Waals surface area contributed by atoms with Gasteiger partial charge in [0.2, 0.25) is 0 Å². The Labute approximate surface area is 109 Å². The molecule has 1 aromatic carbocycles. The number of rotatable bonds is 8. The average Bonchev–Trinajstić information content (AvgIpc) is 3.20. The fraction of sp³-hybridized carbons (Fsp3) is 0.533. The van der Waals surface area contributed by atoms with E-state index in [1.54, 1.807) is 0 Å². The van der Waals surface area contributed by atoms with E-state index in [2.05, 4.69) is 11.4 Å². The molecule has 0 bridgehead atoms. The molecule has 1 N–H and O–H groups in total. The van der Waals surface area contributed by atoms with Crippen LogP contribution in [0.3, 0.4) is 0 Å². The molecule has 1 saturated carbocycles. The normalized spacial score (nSPS) is 14.2. The summed E-state index contributed by atoms with van der Waals surface area (Å²) in [6.45, 7) is 2.06. The molecule has 2 rings (SSSR count). The molecule has 0 unspecified atom stereocenters. The minimum Gasteiger partial charge on any atom is -0.479 e. The SMILES string of the molecule is N#CCOc1cccc(CNCCCC2CC2)c1. The zero-order chi connectivity index (χ0) is 12.6. The van der Waals surface area contributed by atoms with Crippen LogP contribution in [0.1, 0.15) is 31.2 Å². The third-order valence-electron chi connectivity index (χ3n) is 3.19. The lowest BCUT2D eigenvalue weighted by atomic mass is 10.2. The molecule has 3 nitrogen and oxygen atoms in total. The van der Waals surface area contributed by atoms with Gasteiger partial charge in [0.15, 0.2) is 6.61 Å². The summed E-state index contributed by atoms with van der Waals surface area (Å²) in [6, 6.07) is 9.89. The lowest BCUT2D eigenvalue weighted by molar-refractivity contribution is 0.367. The van der Waals surface area contributed by atoms with Gasteiger partial charge in [-0.05, 0) is 43.0 Å². The van der Waals surface area contributed by atoms with Gasteiger partial charge in [0.25, 0.3) is 0 Å². The zero-order valence-electron chi connectivity index (χ0n) is 10.7. The van der Waals surface area contributed by atoms with Gasteiger partial charge in [0.1, 0.15) is 11.8 Å². The van der Waals surface area contributed by atoms with Crippen LogP contribution >= 0.6 is 0 Å². The molecule has 96 valence electrons. The first-order chi connectivity index (χ1) is 8.88. The van der Waals surface area contributed by atoms with Gasteiger partial charge in [0, 0.05) is 6.54 Å². The van der Waals surface area contributed by atoms with E-state index in [0.717, 1.165) is 24.8 Å². The fourth-order valence-electron chi connectivity index (χ4n) is 2.02. The molecular formula is C15H20N2O. The van der Waals surface area contributed by atoms with Crippen molar-refractivity contribution in [2.45, 2.75) is 32.2 Å². The van der Waals surface area contributed by atoms with Crippen LogP contribution in [-0.4, -0.2) is 13.2 Å². The number of hydrogen-bond donors (Lipinski definition) is 1. The third kappa shape index (κ3) is 4.77. The Morgan fingerprint density at radius 2 is 2.28 bits per heavy atom. The molecule has 0 aliphatic heterocycles. The minimum atomic E-state index is 0.109. The molecule has 1 fully saturated rings. The number of nitrogens with zero attached hydrogens (tertiary/aromatic N) is 1. The summed E-state index contributed by atoms with van der Waals surface area (Å²) in [7, 11) is 0. The quantitative estimate of drug-likeness (QED) is 0.715. The second-order valence-corrected chi connectivity index (χ2v) is 4.86. The Balaban J connectivity index is 1.65. The molecule has 1 aromatic rings. The maximum atomic E-state index is 8.46. The first kappa shape index (κ1) is 12.9. The Morgan fingerprint density at radius 1 is 1.39 bits per heavy atom. The predicted octanol–water partition coefficient (Wildman–Crippen LogP) is 2.87. The van der Waals surface area contributed by atoms with Crippen LogP contribution in [0.4, 0.5) is 0 Å². The number of nitriles is 1. The first-order valence-electron chi connectivity index (χ1n) is 6.68. The summed E-state index contributed by atoms with van der Waals surface area (Å²) in [5.74, 6) is 1.79. The lowest BCUT2D eigenvalue weighted by Crippen LogP contribution is -2.14. The molecule has 0 heterocycles. The van der Waals surface area contributed by atoms with Crippen molar-refractivity contribution in [2.75, 3.05) is 13.2 Å². The monoisotopic (exact) mass is 244 g/mol. The minimum absolute atomic E-state index is 0.109. The van der Waals surface area contributed by atoms with E-state index < -0.39 is 0 Å². The molecular weight excluding hydrogens is 224 g/mol. The maximum Gasteiger partial charge on any atom is 0.174 e. The number of hydrogen-bond acceptors (Lipinski definition) is 3. The van der Waals surface area contributed by atoms with Gasteiger partial charge in [-0.25, -0.2) is 0 Å². The summed E-state index contributed by atoms with van der Waals surface area (Å²) in [5.41, 5.74) is 1.21. The maximum absolute atomic E-state index is 8.46. The number of benzene rings is 1. The second-order valence-electron chi connectivity index (χ2n) is 4.86. The van der Waals surface area contributed by atoms with E-state index >= 15 is 0 Å². The van der Waals surface area contributed by atoms with E-state index in [9.17, 15) is 0 Å². The summed E-state index contributed by atoms with van der Waals surface area (Å²) >= 11 is 0. The van der Waals surface area contributed by atoms with Crippen LogP contribution in [0.5, 0.6) is 5.75 Å². The van der Waals surface area contributed by atoms with Gasteiger partial charge in [-0.3, -0.25) is 0 Å². The van der Waals surface area contributed by atoms with Crippen molar-refractivity contribution >= 4 is 0 Å². The summed E-state index contributed by atoms with van der Waals surface area (Å²) in [4.78, 5) is 0. The highest BCUT2D eigenvalue weighted by molar-refractivity contribution is 5.28. The van der Waals surface area contributed by atoms with Crippen molar-refractivity contribution in [3.8, 4) is 11.8 Å². The van der Waals surface area contributed by atoms with Crippen LogP contribution < -0.4 is 10.1 Å². The number of nitrogens with one attached hydrogen (secondary N) is 1. The molecule has 0 spiro atoms. The lowest BCUT2D eigenvalue weighted by Gasteiger charge is -2.07. The van der Waals surface area contributed by atoms with E-state index in [0.29, 0.717) is 0 Å². The van der Waals surface area contributed by atoms with Crippen LogP contribution in [-0.2, 0) is 6.54 Å². The topological polar surface area (TPSA) is 45.0 Å². The zero-order valence-corrected chi connectivity index (χ0v) is 10.7. The van der Waals surface area contributed by atoms with Crippen molar-refractivity contribution in [3.05, 3.63) is 29.8 Å². The van der Waals surface area contributed by atoms with Crippen LogP contribution in [0.25, 0.3) is 0 Å². The predicted molar refractivity (Wildman–Crippen MR) is 71.2 cm³/mol. The van der Waals surface area contributed by atoms with E-state index in [-0.39, 0.29) is 6.61 Å². The molecule has 1 aliphatic carbocycles. The average molecular weight is 244 g/mol. The smallest absolute Gasteiger partial charge is 0.174 e. The molecule has 1 aliphatic rings. The second kappa shape index (κ2) is 7.03. The Hall–Kier alpha value is -1.53. The highest BCUT2D eigenvalue weighted by atomic mass is 16.5. The summed E-state index contributed by atoms with van der Waals surface area (Å²) in [6.07, 6.45) is 5.53. The third-order valence-corrected chi connectivity index (χ3v) is 3.19. The molecule has 0 radical (unpaired) electrons. The van der Waals surface area contributed by atoms with Gasteiger partial charge in [-0.15, -0.1) is 0 Å². The summed E-state index contributed by atoms with van der Waals surface area (Å²) < 4.78 is 5.27. The Kier molecular flexibility index (Phi) is 5.04. The van der Waals surface area contributed by atoms with Gasteiger partial charge in [0.05, 0.1) is 0 Å². The van der Waals surface area contributed by atoms with Gasteiger partial charge in [-0.2, -0.15) is 5.26 Å². The number of ether oxygens (including phenoxy) is 1. The molecule has 18 heavy (non-hydrogen) atoms. The van der Waals surface area contributed by atoms with Crippen molar-refractivity contribution < 1.29 is 4.74 Å². The van der Waals surface area contributed by atoms with Crippen LogP contribution in [0.2, 0.25) is 0 Å². The van der Waals surface area contributed by atoms with E-state index in [1.165, 1.54) is 31.2 Å². The Bertz CT molecular complexity index is 407. The van der Waals surface area contributed by atoms with Crippen molar-refractivity contribution in [1.82, 2.24) is 5.32 Å². The molecule has 0 saturated heterocycles. The van der Waals surface area contributed by atoms with E-state index in [1.807, 2.05) is 24.3 Å². The van der Waals surface area contributed by atoms with Crippen molar-refractivity contribution in [2.24, 2.45) is 5.92 Å². The first-order valence-corrected chi connectivity index (χ1v) is 6.68. The molecule has 0 atom stereocenters. The standard InChI is InChI=1S/C15H20N2O/c16-8-10-18-15-5-1-3-14(11-15)12-17-9-2-4-13-6-7-13/h1,3,5,11,13,17H,2,4,6-7,9-10,12H2. The molecule has 3 heteroatoms. The molecule has 0 aromatic heterocycles. The van der Waals surface area contributed by atoms with E-state index in [4.69, 9.17) is 10.00 Å². The largest absolute Gasteiger partial charge is 0.479 e. The van der Waals surface area contributed by atoms with Crippen LogP contribution in [0.15, 0.2) is 24.3 Å². The van der Waals surface area contributed by atoms with Gasteiger partial charge < -0.3 is 10.1 Å². The van der Waals surface area contributed by atoms with Gasteiger partial charge >= 0.3 is 0 Å². The highest BCUT2D eigenvalue weighted by Gasteiger charge is 2.19. The summed E-state index contributed by atoms with van der Waals surface area (Å²) in [5, 5.41) is 11.9. The molecule has 0 amide bonds. The van der Waals surface area contributed by atoms with Gasteiger partial charge in [-0.1, -0.05) is 25.0 Å². The van der Waals surface area contributed by atoms with Crippen LogP contribution in [0, 0.1) is 17.2 Å². The Morgan fingerprint density at radius 3 is 3.06 bits per heavy atom. The van der Waals surface area contributed by atoms with Crippen molar-refractivity contribution in [1.29, 1.82) is 5.26 Å². The fourth-order valence-corrected chi connectivity index (χ4v) is 2.02. The van der Waals surface area contributed by atoms with Crippen molar-refractivity contribution in [3.63, 3.8) is 0 Å². The highest BCUT2D eigenvalue weighted by Crippen LogP contribution is 2.33.